The van der Waals surface area contributed by atoms with E-state index in [0.29, 0.717) is 13.0 Å². The smallest absolute Gasteiger partial charge is 0.326 e. The van der Waals surface area contributed by atoms with E-state index in [1.165, 1.54) is 4.90 Å². The number of rotatable bonds is 2. The Balaban J connectivity index is 2.82. The van der Waals surface area contributed by atoms with Gasteiger partial charge in [0.05, 0.1) is 6.04 Å². The maximum absolute atomic E-state index is 12.2. The number of hydrogen-bond donors (Lipinski definition) is 2. The molecule has 1 aliphatic rings. The van der Waals surface area contributed by atoms with Crippen molar-refractivity contribution in [3.8, 4) is 0 Å². The zero-order valence-corrected chi connectivity index (χ0v) is 10.8. The number of nitrogens with zero attached hydrogens (tertiary/aromatic N) is 1. The predicted molar refractivity (Wildman–Crippen MR) is 64.4 cm³/mol. The van der Waals surface area contributed by atoms with Crippen LogP contribution in [0.1, 0.15) is 40.0 Å². The molecule has 0 bridgehead atoms. The van der Waals surface area contributed by atoms with Crippen LogP contribution in [0.4, 0.5) is 0 Å². The highest BCUT2D eigenvalue weighted by Gasteiger charge is 2.37. The van der Waals surface area contributed by atoms with Crippen molar-refractivity contribution in [1.82, 2.24) is 4.90 Å². The van der Waals surface area contributed by atoms with E-state index in [9.17, 15) is 9.59 Å². The van der Waals surface area contributed by atoms with Crippen molar-refractivity contribution in [2.45, 2.75) is 52.1 Å². The molecule has 1 aliphatic heterocycles. The maximum atomic E-state index is 12.2. The zero-order chi connectivity index (χ0) is 13.2. The molecule has 0 aliphatic carbocycles. The average Bonchev–Trinajstić information content (AvgIpc) is 2.25. The Morgan fingerprint density at radius 3 is 2.41 bits per heavy atom. The van der Waals surface area contributed by atoms with Crippen LogP contribution in [0.2, 0.25) is 0 Å². The third kappa shape index (κ3) is 3.19. The number of amides is 1. The van der Waals surface area contributed by atoms with Crippen LogP contribution in [0.3, 0.4) is 0 Å². The van der Waals surface area contributed by atoms with E-state index in [4.69, 9.17) is 10.8 Å². The van der Waals surface area contributed by atoms with Crippen LogP contribution in [0.5, 0.6) is 0 Å². The summed E-state index contributed by atoms with van der Waals surface area (Å²) in [4.78, 5) is 24.7. The van der Waals surface area contributed by atoms with Crippen LogP contribution in [0.25, 0.3) is 0 Å². The molecule has 17 heavy (non-hydrogen) atoms. The minimum atomic E-state index is -0.931. The van der Waals surface area contributed by atoms with Gasteiger partial charge in [-0.15, -0.1) is 0 Å². The van der Waals surface area contributed by atoms with Gasteiger partial charge in [0.25, 0.3) is 0 Å². The highest BCUT2D eigenvalue weighted by atomic mass is 16.4. The minimum Gasteiger partial charge on any atom is -0.480 e. The number of carbonyl (C=O) groups excluding carboxylic acids is 1. The first-order valence-electron chi connectivity index (χ1n) is 6.04. The summed E-state index contributed by atoms with van der Waals surface area (Å²) in [5, 5.41) is 9.11. The Hall–Kier alpha value is -1.10. The predicted octanol–water partition coefficient (Wildman–Crippen LogP) is 0.825. The van der Waals surface area contributed by atoms with Gasteiger partial charge in [-0.1, -0.05) is 20.8 Å². The molecule has 1 saturated heterocycles. The lowest BCUT2D eigenvalue weighted by atomic mass is 9.85. The van der Waals surface area contributed by atoms with Gasteiger partial charge < -0.3 is 15.7 Å². The van der Waals surface area contributed by atoms with E-state index in [1.54, 1.807) is 0 Å². The van der Waals surface area contributed by atoms with Crippen molar-refractivity contribution in [2.75, 3.05) is 6.54 Å². The molecule has 0 aromatic carbocycles. The van der Waals surface area contributed by atoms with E-state index in [2.05, 4.69) is 0 Å². The first-order chi connectivity index (χ1) is 7.75. The molecule has 2 atom stereocenters. The minimum absolute atomic E-state index is 0.246. The van der Waals surface area contributed by atoms with Gasteiger partial charge in [0.1, 0.15) is 6.04 Å². The Bertz CT molecular complexity index is 309. The average molecular weight is 242 g/mol. The van der Waals surface area contributed by atoms with E-state index in [0.717, 1.165) is 12.8 Å². The van der Waals surface area contributed by atoms with Crippen molar-refractivity contribution >= 4 is 11.9 Å². The molecule has 1 rings (SSSR count). The number of nitrogens with two attached hydrogens (primary N) is 1. The highest BCUT2D eigenvalue weighted by Crippen LogP contribution is 2.23. The number of carboxylic acid groups (broad SMARTS) is 1. The standard InChI is InChI=1S/C12H22N2O3/c1-12(2,3)9(13)10(15)14-7-5-4-6-8(14)11(16)17/h8-9H,4-7,13H2,1-3H3,(H,16,17)/t8-,9?/m1/s1. The van der Waals surface area contributed by atoms with Crippen molar-refractivity contribution in [1.29, 1.82) is 0 Å². The van der Waals surface area contributed by atoms with Gasteiger partial charge in [-0.2, -0.15) is 0 Å². The lowest BCUT2D eigenvalue weighted by molar-refractivity contribution is -0.153. The Morgan fingerprint density at radius 1 is 1.35 bits per heavy atom. The number of likely N-dealkylation sites (tertiary alicyclic amines) is 1. The van der Waals surface area contributed by atoms with Crippen LogP contribution in [0, 0.1) is 5.41 Å². The Morgan fingerprint density at radius 2 is 1.94 bits per heavy atom. The summed E-state index contributed by atoms with van der Waals surface area (Å²) in [6, 6.07) is -1.35. The zero-order valence-electron chi connectivity index (χ0n) is 10.8. The molecule has 1 amide bonds. The number of piperidine rings is 1. The van der Waals surface area contributed by atoms with Crippen LogP contribution >= 0.6 is 0 Å². The topological polar surface area (TPSA) is 83.6 Å². The van der Waals surface area contributed by atoms with Gasteiger partial charge in [-0.25, -0.2) is 4.79 Å². The molecular weight excluding hydrogens is 220 g/mol. The van der Waals surface area contributed by atoms with Crippen LogP contribution in [0.15, 0.2) is 0 Å². The van der Waals surface area contributed by atoms with Crippen LogP contribution in [-0.2, 0) is 9.59 Å². The van der Waals surface area contributed by atoms with Crippen molar-refractivity contribution < 1.29 is 14.7 Å². The Kier molecular flexibility index (Phi) is 4.14. The summed E-state index contributed by atoms with van der Waals surface area (Å²) in [6.45, 7) is 6.15. The van der Waals surface area contributed by atoms with E-state index < -0.39 is 18.1 Å². The Labute approximate surface area is 102 Å². The third-order valence-corrected chi connectivity index (χ3v) is 3.27. The van der Waals surface area contributed by atoms with Gasteiger partial charge in [0.2, 0.25) is 5.91 Å². The van der Waals surface area contributed by atoms with Crippen LogP contribution < -0.4 is 5.73 Å². The highest BCUT2D eigenvalue weighted by molar-refractivity contribution is 5.87. The van der Waals surface area contributed by atoms with Gasteiger partial charge >= 0.3 is 5.97 Å². The number of aliphatic carboxylic acids is 1. The first-order valence-corrected chi connectivity index (χ1v) is 6.04. The number of carbonyl (C=O) groups is 2. The molecule has 1 heterocycles. The van der Waals surface area contributed by atoms with Crippen molar-refractivity contribution in [3.05, 3.63) is 0 Å². The molecule has 5 nitrogen and oxygen atoms in total. The molecule has 0 saturated carbocycles. The third-order valence-electron chi connectivity index (χ3n) is 3.27. The molecule has 98 valence electrons. The maximum Gasteiger partial charge on any atom is 0.326 e. The number of carboxylic acids is 1. The quantitative estimate of drug-likeness (QED) is 0.751. The fourth-order valence-corrected chi connectivity index (χ4v) is 2.00. The van der Waals surface area contributed by atoms with E-state index >= 15 is 0 Å². The first kappa shape index (κ1) is 14.0. The second kappa shape index (κ2) is 5.04. The summed E-state index contributed by atoms with van der Waals surface area (Å²) in [7, 11) is 0. The summed E-state index contributed by atoms with van der Waals surface area (Å²) in [5.41, 5.74) is 5.55. The fourth-order valence-electron chi connectivity index (χ4n) is 2.00. The molecular formula is C12H22N2O3. The molecule has 0 aromatic rings. The SMILES string of the molecule is CC(C)(C)C(N)C(=O)N1CCCC[C@@H]1C(=O)O. The summed E-state index contributed by atoms with van der Waals surface area (Å²) in [6.07, 6.45) is 2.23. The van der Waals surface area contributed by atoms with Gasteiger partial charge in [-0.05, 0) is 24.7 Å². The van der Waals surface area contributed by atoms with Crippen LogP contribution in [-0.4, -0.2) is 40.5 Å². The second-order valence-electron chi connectivity index (χ2n) is 5.73. The van der Waals surface area contributed by atoms with Crippen molar-refractivity contribution in [2.24, 2.45) is 11.1 Å². The summed E-state index contributed by atoms with van der Waals surface area (Å²) in [5.74, 6) is -1.18. The fraction of sp³-hybridized carbons (Fsp3) is 0.833. The van der Waals surface area contributed by atoms with Gasteiger partial charge in [0, 0.05) is 6.54 Å². The number of hydrogen-bond acceptors (Lipinski definition) is 3. The molecule has 5 heteroatoms. The molecule has 0 aromatic heterocycles. The van der Waals surface area contributed by atoms with Gasteiger partial charge in [0.15, 0.2) is 0 Å². The van der Waals surface area contributed by atoms with E-state index in [-0.39, 0.29) is 11.3 Å². The van der Waals surface area contributed by atoms with Crippen molar-refractivity contribution in [3.63, 3.8) is 0 Å². The molecule has 0 radical (unpaired) electrons. The normalized spacial score (nSPS) is 23.3. The summed E-state index contributed by atoms with van der Waals surface area (Å²) >= 11 is 0. The molecule has 0 spiro atoms. The lowest BCUT2D eigenvalue weighted by Crippen LogP contribution is -2.56. The molecule has 1 fully saturated rings. The summed E-state index contributed by atoms with van der Waals surface area (Å²) < 4.78 is 0. The largest absolute Gasteiger partial charge is 0.480 e. The second-order valence-corrected chi connectivity index (χ2v) is 5.73. The molecule has 1 unspecified atom stereocenters. The molecule has 3 N–H and O–H groups in total. The monoisotopic (exact) mass is 242 g/mol. The van der Waals surface area contributed by atoms with E-state index in [1.807, 2.05) is 20.8 Å². The van der Waals surface area contributed by atoms with Gasteiger partial charge in [-0.3, -0.25) is 4.79 Å². The lowest BCUT2D eigenvalue weighted by Gasteiger charge is -2.37.